The Kier molecular flexibility index (Phi) is 21.9. The van der Waals surface area contributed by atoms with Gasteiger partial charge in [-0.05, 0) is 12.8 Å². The lowest BCUT2D eigenvalue weighted by Crippen LogP contribution is -2.33. The van der Waals surface area contributed by atoms with E-state index < -0.39 is 0 Å². The van der Waals surface area contributed by atoms with Crippen LogP contribution in [0.1, 0.15) is 129 Å². The number of unbranched alkanes of at least 4 members (excludes halogenated alkanes) is 16. The maximum Gasteiger partial charge on any atom is 0.237 e. The van der Waals surface area contributed by atoms with Crippen molar-refractivity contribution in [3.05, 3.63) is 0 Å². The van der Waals surface area contributed by atoms with Crippen molar-refractivity contribution in [2.45, 2.75) is 129 Å². The SMILES string of the molecule is CCCCCCCCCCCN(CCCCCCCCCCC)C(=O)CCl. The molecule has 0 fully saturated rings. The number of amides is 1. The molecule has 0 radical (unpaired) electrons. The second-order valence-corrected chi connectivity index (χ2v) is 8.44. The van der Waals surface area contributed by atoms with Gasteiger partial charge in [0.1, 0.15) is 5.88 Å². The van der Waals surface area contributed by atoms with Crippen LogP contribution in [-0.4, -0.2) is 29.8 Å². The van der Waals surface area contributed by atoms with Gasteiger partial charge in [-0.2, -0.15) is 0 Å². The average molecular weight is 402 g/mol. The Labute approximate surface area is 175 Å². The van der Waals surface area contributed by atoms with Crippen LogP contribution in [0.3, 0.4) is 0 Å². The van der Waals surface area contributed by atoms with Crippen molar-refractivity contribution in [2.75, 3.05) is 19.0 Å². The van der Waals surface area contributed by atoms with Crippen molar-refractivity contribution in [2.24, 2.45) is 0 Å². The average Bonchev–Trinajstić information content (AvgIpc) is 2.69. The molecule has 0 aliphatic rings. The van der Waals surface area contributed by atoms with E-state index in [1.807, 2.05) is 4.90 Å². The van der Waals surface area contributed by atoms with Crippen molar-refractivity contribution < 1.29 is 4.79 Å². The lowest BCUT2D eigenvalue weighted by molar-refractivity contribution is -0.128. The number of rotatable bonds is 21. The van der Waals surface area contributed by atoms with Gasteiger partial charge in [0, 0.05) is 13.1 Å². The first-order valence-corrected chi connectivity index (χ1v) is 12.6. The van der Waals surface area contributed by atoms with Gasteiger partial charge in [0.2, 0.25) is 5.91 Å². The first-order chi connectivity index (χ1) is 13.3. The molecule has 1 amide bonds. The number of hydrogen-bond acceptors (Lipinski definition) is 1. The highest BCUT2D eigenvalue weighted by atomic mass is 35.5. The molecule has 0 aromatic carbocycles. The highest BCUT2D eigenvalue weighted by molar-refractivity contribution is 6.27. The molecule has 27 heavy (non-hydrogen) atoms. The van der Waals surface area contributed by atoms with E-state index in [9.17, 15) is 4.79 Å². The third-order valence-corrected chi connectivity index (χ3v) is 5.76. The molecule has 3 heteroatoms. The van der Waals surface area contributed by atoms with Gasteiger partial charge in [-0.25, -0.2) is 0 Å². The molecule has 0 aliphatic carbocycles. The van der Waals surface area contributed by atoms with Gasteiger partial charge in [0.05, 0.1) is 0 Å². The second-order valence-electron chi connectivity index (χ2n) is 8.17. The molecule has 0 bridgehead atoms. The molecule has 0 saturated carbocycles. The molecular formula is C24H48ClNO. The number of carbonyl (C=O) groups is 1. The predicted molar refractivity (Wildman–Crippen MR) is 122 cm³/mol. The number of hydrogen-bond donors (Lipinski definition) is 0. The number of alkyl halides is 1. The summed E-state index contributed by atoms with van der Waals surface area (Å²) in [5, 5.41) is 0. The summed E-state index contributed by atoms with van der Waals surface area (Å²) in [5.74, 6) is 0.255. The summed E-state index contributed by atoms with van der Waals surface area (Å²) in [5.41, 5.74) is 0. The lowest BCUT2D eigenvalue weighted by Gasteiger charge is -2.22. The quantitative estimate of drug-likeness (QED) is 0.140. The van der Waals surface area contributed by atoms with E-state index in [1.165, 1.54) is 103 Å². The zero-order chi connectivity index (χ0) is 20.0. The minimum Gasteiger partial charge on any atom is -0.342 e. The minimum atomic E-state index is 0.121. The Bertz CT molecular complexity index is 287. The third kappa shape index (κ3) is 18.9. The number of halogens is 1. The van der Waals surface area contributed by atoms with Crippen LogP contribution in [-0.2, 0) is 4.79 Å². The molecule has 0 saturated heterocycles. The fourth-order valence-electron chi connectivity index (χ4n) is 3.67. The summed E-state index contributed by atoms with van der Waals surface area (Å²) in [6.07, 6.45) is 23.8. The van der Waals surface area contributed by atoms with E-state index in [0.29, 0.717) is 0 Å². The summed E-state index contributed by atoms with van der Waals surface area (Å²) in [4.78, 5) is 14.0. The molecule has 0 aliphatic heterocycles. The molecule has 0 unspecified atom stereocenters. The molecule has 0 aromatic rings. The van der Waals surface area contributed by atoms with Crippen LogP contribution in [0.25, 0.3) is 0 Å². The van der Waals surface area contributed by atoms with Gasteiger partial charge in [0.15, 0.2) is 0 Å². The van der Waals surface area contributed by atoms with E-state index >= 15 is 0 Å². The molecule has 0 atom stereocenters. The Hall–Kier alpha value is -0.240. The van der Waals surface area contributed by atoms with Crippen LogP contribution in [0.15, 0.2) is 0 Å². The van der Waals surface area contributed by atoms with Gasteiger partial charge in [-0.1, -0.05) is 117 Å². The van der Waals surface area contributed by atoms with Crippen LogP contribution < -0.4 is 0 Å². The van der Waals surface area contributed by atoms with Gasteiger partial charge in [-0.15, -0.1) is 11.6 Å². The minimum absolute atomic E-state index is 0.121. The Morgan fingerprint density at radius 2 is 0.852 bits per heavy atom. The van der Waals surface area contributed by atoms with E-state index in [-0.39, 0.29) is 11.8 Å². The first kappa shape index (κ1) is 26.8. The maximum atomic E-state index is 12.0. The van der Waals surface area contributed by atoms with Crippen molar-refractivity contribution in [3.8, 4) is 0 Å². The second kappa shape index (κ2) is 22.1. The first-order valence-electron chi connectivity index (χ1n) is 12.1. The number of nitrogens with zero attached hydrogens (tertiary/aromatic N) is 1. The van der Waals surface area contributed by atoms with Crippen molar-refractivity contribution in [1.29, 1.82) is 0 Å². The Balaban J connectivity index is 3.61. The van der Waals surface area contributed by atoms with Gasteiger partial charge >= 0.3 is 0 Å². The van der Waals surface area contributed by atoms with Crippen molar-refractivity contribution >= 4 is 17.5 Å². The summed E-state index contributed by atoms with van der Waals surface area (Å²) >= 11 is 5.80. The fourth-order valence-corrected chi connectivity index (χ4v) is 3.84. The molecule has 162 valence electrons. The number of carbonyl (C=O) groups excluding carboxylic acids is 1. The lowest BCUT2D eigenvalue weighted by atomic mass is 10.1. The molecule has 0 heterocycles. The van der Waals surface area contributed by atoms with Crippen LogP contribution in [0.4, 0.5) is 0 Å². The molecule has 0 N–H and O–H groups in total. The van der Waals surface area contributed by atoms with Gasteiger partial charge in [-0.3, -0.25) is 4.79 Å². The molecule has 0 spiro atoms. The zero-order valence-electron chi connectivity index (χ0n) is 18.6. The Morgan fingerprint density at radius 1 is 0.556 bits per heavy atom. The summed E-state index contributed by atoms with van der Waals surface area (Å²) < 4.78 is 0. The third-order valence-electron chi connectivity index (χ3n) is 5.53. The molecule has 2 nitrogen and oxygen atoms in total. The van der Waals surface area contributed by atoms with Crippen LogP contribution >= 0.6 is 11.6 Å². The normalized spacial score (nSPS) is 11.1. The van der Waals surface area contributed by atoms with Gasteiger partial charge < -0.3 is 4.90 Å². The van der Waals surface area contributed by atoms with Crippen molar-refractivity contribution in [3.63, 3.8) is 0 Å². The standard InChI is InChI=1S/C24H48ClNO/c1-3-5-7-9-11-13-15-17-19-21-26(24(27)23-25)22-20-18-16-14-12-10-8-6-4-2/h3-23H2,1-2H3. The highest BCUT2D eigenvalue weighted by Crippen LogP contribution is 2.12. The molecule has 0 rings (SSSR count). The predicted octanol–water partition coefficient (Wildman–Crippen LogP) is 8.12. The van der Waals surface area contributed by atoms with Gasteiger partial charge in [0.25, 0.3) is 0 Å². The van der Waals surface area contributed by atoms with E-state index in [1.54, 1.807) is 0 Å². The summed E-state index contributed by atoms with van der Waals surface area (Å²) in [6.45, 7) is 6.34. The largest absolute Gasteiger partial charge is 0.342 e. The fraction of sp³-hybridized carbons (Fsp3) is 0.958. The smallest absolute Gasteiger partial charge is 0.237 e. The molecular weight excluding hydrogens is 354 g/mol. The van der Waals surface area contributed by atoms with Crippen molar-refractivity contribution in [1.82, 2.24) is 4.90 Å². The van der Waals surface area contributed by atoms with Crippen LogP contribution in [0.5, 0.6) is 0 Å². The Morgan fingerprint density at radius 3 is 1.15 bits per heavy atom. The highest BCUT2D eigenvalue weighted by Gasteiger charge is 2.11. The maximum absolute atomic E-state index is 12.0. The molecule has 0 aromatic heterocycles. The van der Waals surface area contributed by atoms with Crippen LogP contribution in [0, 0.1) is 0 Å². The van der Waals surface area contributed by atoms with E-state index in [0.717, 1.165) is 25.9 Å². The van der Waals surface area contributed by atoms with Crippen LogP contribution in [0.2, 0.25) is 0 Å². The monoisotopic (exact) mass is 401 g/mol. The van der Waals surface area contributed by atoms with E-state index in [2.05, 4.69) is 13.8 Å². The van der Waals surface area contributed by atoms with E-state index in [4.69, 9.17) is 11.6 Å². The summed E-state index contributed by atoms with van der Waals surface area (Å²) in [7, 11) is 0. The summed E-state index contributed by atoms with van der Waals surface area (Å²) in [6, 6.07) is 0. The zero-order valence-corrected chi connectivity index (χ0v) is 19.3. The topological polar surface area (TPSA) is 20.3 Å².